The van der Waals surface area contributed by atoms with E-state index in [0.29, 0.717) is 0 Å². The van der Waals surface area contributed by atoms with Gasteiger partial charge in [-0.05, 0) is 94.8 Å². The number of rotatable bonds is 9. The van der Waals surface area contributed by atoms with Crippen LogP contribution in [0.4, 0.5) is 51.2 Å². The molecule has 3 nitrogen and oxygen atoms in total. The van der Waals surface area contributed by atoms with E-state index in [1.54, 1.807) is 0 Å². The van der Waals surface area contributed by atoms with Gasteiger partial charge < -0.3 is 14.7 Å². The maximum atomic E-state index is 2.59. The van der Waals surface area contributed by atoms with Crippen molar-refractivity contribution < 1.29 is 0 Å². The summed E-state index contributed by atoms with van der Waals surface area (Å²) in [7, 11) is 0. The molecule has 0 N–H and O–H groups in total. The molecular weight excluding hydrogens is 835 g/mol. The fourth-order valence-electron chi connectivity index (χ4n) is 10.2. The molecule has 3 heteroatoms. The summed E-state index contributed by atoms with van der Waals surface area (Å²) in [5, 5.41) is 9.36. The zero-order chi connectivity index (χ0) is 47.3. The van der Waals surface area contributed by atoms with Crippen LogP contribution in [0.25, 0.3) is 43.1 Å². The Morgan fingerprint density at radius 1 is 0.217 bits per heavy atom. The summed E-state index contributed by atoms with van der Waals surface area (Å²) in [6.07, 6.45) is 0. The highest BCUT2D eigenvalue weighted by atomic mass is 15.2. The van der Waals surface area contributed by atoms with Gasteiger partial charge in [-0.3, -0.25) is 0 Å². The first kappa shape index (κ1) is 43.4. The van der Waals surface area contributed by atoms with Crippen molar-refractivity contribution in [3.05, 3.63) is 248 Å². The molecule has 11 rings (SSSR count). The number of nitrogens with zero attached hydrogens (tertiary/aromatic N) is 3. The van der Waals surface area contributed by atoms with Crippen molar-refractivity contribution >= 4 is 94.3 Å². The van der Waals surface area contributed by atoms with Gasteiger partial charge in [-0.25, -0.2) is 0 Å². The van der Waals surface area contributed by atoms with Crippen LogP contribution in [-0.4, -0.2) is 0 Å². The van der Waals surface area contributed by atoms with Gasteiger partial charge in [-0.15, -0.1) is 0 Å². The Kier molecular flexibility index (Phi) is 11.0. The molecule has 0 unspecified atom stereocenters. The van der Waals surface area contributed by atoms with E-state index in [0.717, 1.165) is 67.3 Å². The van der Waals surface area contributed by atoms with Crippen LogP contribution in [0.5, 0.6) is 0 Å². The second-order valence-corrected chi connectivity index (χ2v) is 20.2. The third kappa shape index (κ3) is 7.84. The van der Waals surface area contributed by atoms with Crippen molar-refractivity contribution in [2.24, 2.45) is 0 Å². The van der Waals surface area contributed by atoms with Crippen molar-refractivity contribution in [2.75, 3.05) is 14.7 Å². The van der Waals surface area contributed by atoms with E-state index < -0.39 is 0 Å². The number of fused-ring (bicyclic) bond motifs is 4. The smallest absolute Gasteiger partial charge is 0.0620 e. The molecule has 0 radical (unpaired) electrons. The minimum Gasteiger partial charge on any atom is -0.309 e. The molecule has 0 spiro atoms. The van der Waals surface area contributed by atoms with Gasteiger partial charge in [0.05, 0.1) is 22.7 Å². The van der Waals surface area contributed by atoms with Crippen molar-refractivity contribution in [3.8, 4) is 0 Å². The zero-order valence-corrected chi connectivity index (χ0v) is 40.4. The van der Waals surface area contributed by atoms with Crippen LogP contribution in [0.1, 0.15) is 52.7 Å². The van der Waals surface area contributed by atoms with E-state index in [-0.39, 0.29) is 10.8 Å². The first-order valence-corrected chi connectivity index (χ1v) is 24.2. The van der Waals surface area contributed by atoms with Crippen LogP contribution < -0.4 is 14.7 Å². The average Bonchev–Trinajstić information content (AvgIpc) is 3.38. The number of hydrogen-bond acceptors (Lipinski definition) is 3. The normalized spacial score (nSPS) is 11.9. The maximum Gasteiger partial charge on any atom is 0.0620 e. The molecule has 0 atom stereocenters. The van der Waals surface area contributed by atoms with E-state index in [1.807, 2.05) is 0 Å². The van der Waals surface area contributed by atoms with Crippen LogP contribution in [0.2, 0.25) is 0 Å². The molecule has 336 valence electrons. The lowest BCUT2D eigenvalue weighted by atomic mass is 9.83. The molecule has 0 aliphatic carbocycles. The Bertz CT molecular complexity index is 3530. The summed E-state index contributed by atoms with van der Waals surface area (Å²) < 4.78 is 0. The monoisotopic (exact) mass is 891 g/mol. The fourth-order valence-corrected chi connectivity index (χ4v) is 10.2. The molecule has 0 bridgehead atoms. The predicted molar refractivity (Wildman–Crippen MR) is 298 cm³/mol. The number of anilines is 9. The van der Waals surface area contributed by atoms with Crippen LogP contribution in [0.3, 0.4) is 0 Å². The standard InChI is InChI=1S/C66H57N3/c1-65(2,3)46-41-43-58-59(44-46)63(68(50-30-16-9-17-31-50)51-32-18-10-19-33-51)55-38-24-23-37-54(55)62(58)69(52-34-20-11-21-35-52)64-56-39-25-22-36-53(56)61(57-42-40-47(45-60(57)64)66(4,5)6)67(48-26-12-7-13-27-48)49-28-14-8-15-29-49/h7-45H,1-6H3. The van der Waals surface area contributed by atoms with Gasteiger partial charge in [0.15, 0.2) is 0 Å². The Balaban J connectivity index is 1.34. The summed E-state index contributed by atoms with van der Waals surface area (Å²) in [6, 6.07) is 87.0. The van der Waals surface area contributed by atoms with E-state index in [4.69, 9.17) is 0 Å². The van der Waals surface area contributed by atoms with Gasteiger partial charge in [-0.1, -0.05) is 205 Å². The van der Waals surface area contributed by atoms with Crippen molar-refractivity contribution in [2.45, 2.75) is 52.4 Å². The van der Waals surface area contributed by atoms with E-state index >= 15 is 0 Å². The summed E-state index contributed by atoms with van der Waals surface area (Å²) in [4.78, 5) is 7.51. The molecule has 69 heavy (non-hydrogen) atoms. The summed E-state index contributed by atoms with van der Waals surface area (Å²) in [5.74, 6) is 0. The number of para-hydroxylation sites is 5. The van der Waals surface area contributed by atoms with Gasteiger partial charge in [-0.2, -0.15) is 0 Å². The molecule has 0 amide bonds. The van der Waals surface area contributed by atoms with Crippen LogP contribution in [0, 0.1) is 0 Å². The minimum absolute atomic E-state index is 0.102. The zero-order valence-electron chi connectivity index (χ0n) is 40.4. The lowest BCUT2D eigenvalue weighted by molar-refractivity contribution is 0.591. The van der Waals surface area contributed by atoms with Gasteiger partial charge in [0.2, 0.25) is 0 Å². The second kappa shape index (κ2) is 17.5. The van der Waals surface area contributed by atoms with E-state index in [2.05, 4.69) is 293 Å². The summed E-state index contributed by atoms with van der Waals surface area (Å²) in [6.45, 7) is 13.9. The van der Waals surface area contributed by atoms with Crippen molar-refractivity contribution in [1.29, 1.82) is 0 Å². The summed E-state index contributed by atoms with van der Waals surface area (Å²) >= 11 is 0. The lowest BCUT2D eigenvalue weighted by Gasteiger charge is -2.36. The van der Waals surface area contributed by atoms with Crippen LogP contribution in [-0.2, 0) is 10.8 Å². The van der Waals surface area contributed by atoms with Crippen LogP contribution in [0.15, 0.2) is 237 Å². The molecule has 0 fully saturated rings. The topological polar surface area (TPSA) is 9.72 Å². The molecule has 0 saturated heterocycles. The fraction of sp³-hybridized carbons (Fsp3) is 0.121. The van der Waals surface area contributed by atoms with Crippen molar-refractivity contribution in [3.63, 3.8) is 0 Å². The summed E-state index contributed by atoms with van der Waals surface area (Å²) in [5.41, 5.74) is 12.4. The Morgan fingerprint density at radius 2 is 0.435 bits per heavy atom. The highest BCUT2D eigenvalue weighted by Crippen LogP contribution is 2.56. The molecule has 0 aliphatic heterocycles. The lowest BCUT2D eigenvalue weighted by Crippen LogP contribution is -2.17. The second-order valence-electron chi connectivity index (χ2n) is 20.2. The minimum atomic E-state index is -0.115. The maximum absolute atomic E-state index is 2.59. The Morgan fingerprint density at radius 3 is 0.725 bits per heavy atom. The van der Waals surface area contributed by atoms with Gasteiger partial charge in [0, 0.05) is 71.5 Å². The van der Waals surface area contributed by atoms with E-state index in [1.165, 1.54) is 38.1 Å². The highest BCUT2D eigenvalue weighted by molar-refractivity contribution is 6.28. The van der Waals surface area contributed by atoms with Crippen molar-refractivity contribution in [1.82, 2.24) is 0 Å². The molecule has 0 heterocycles. The average molecular weight is 892 g/mol. The molecule has 11 aromatic rings. The molecule has 0 aliphatic rings. The quantitative estimate of drug-likeness (QED) is 0.106. The SMILES string of the molecule is CC(C)(C)c1ccc2c(N(c3ccccc3)c3c4ccccc4c(N(c4ccccc4)c4ccccc4)c4ccc(C(C)(C)C)cc34)c3ccccc3c(N(c3ccccc3)c3ccccc3)c2c1. The van der Waals surface area contributed by atoms with Gasteiger partial charge in [0.1, 0.15) is 0 Å². The number of benzene rings is 11. The first-order chi connectivity index (χ1) is 33.6. The molecular formula is C66H57N3. The Labute approximate surface area is 407 Å². The third-order valence-corrected chi connectivity index (χ3v) is 13.6. The van der Waals surface area contributed by atoms with Gasteiger partial charge in [0.25, 0.3) is 0 Å². The van der Waals surface area contributed by atoms with Gasteiger partial charge >= 0.3 is 0 Å². The molecule has 0 aromatic heterocycles. The van der Waals surface area contributed by atoms with Crippen LogP contribution >= 0.6 is 0 Å². The highest BCUT2D eigenvalue weighted by Gasteiger charge is 2.31. The third-order valence-electron chi connectivity index (χ3n) is 13.6. The van der Waals surface area contributed by atoms with E-state index in [9.17, 15) is 0 Å². The Hall–Kier alpha value is -8.14. The first-order valence-electron chi connectivity index (χ1n) is 24.2. The largest absolute Gasteiger partial charge is 0.309 e. The molecule has 11 aromatic carbocycles. The number of hydrogen-bond donors (Lipinski definition) is 0. The predicted octanol–water partition coefficient (Wildman–Crippen LogP) is 19.3. The molecule has 0 saturated carbocycles.